The molecule has 0 radical (unpaired) electrons. The lowest BCUT2D eigenvalue weighted by molar-refractivity contribution is 0.192. The van der Waals surface area contributed by atoms with Crippen LogP contribution in [0.25, 0.3) is 0 Å². The van der Waals surface area contributed by atoms with Crippen LogP contribution in [0.1, 0.15) is 42.7 Å². The van der Waals surface area contributed by atoms with E-state index in [0.29, 0.717) is 17.7 Å². The van der Waals surface area contributed by atoms with Crippen molar-refractivity contribution in [3.05, 3.63) is 35.4 Å². The molecule has 0 aromatic heterocycles. The van der Waals surface area contributed by atoms with Gasteiger partial charge in [-0.1, -0.05) is 24.3 Å². The lowest BCUT2D eigenvalue weighted by atomic mass is 9.82. The average Bonchev–Trinajstić information content (AvgIpc) is 2.48. The maximum atomic E-state index is 7.56. The molecule has 1 aliphatic heterocycles. The fourth-order valence-corrected chi connectivity index (χ4v) is 3.78. The highest BCUT2D eigenvalue weighted by Crippen LogP contribution is 2.32. The minimum absolute atomic E-state index is 0.324. The molecule has 1 saturated heterocycles. The molecule has 1 atom stereocenters. The molecule has 0 amide bonds. The molecule has 0 bridgehead atoms. The maximum absolute atomic E-state index is 7.56. The number of aryl methyl sites for hydroxylation is 1. The van der Waals surface area contributed by atoms with Crippen LogP contribution in [0.3, 0.4) is 0 Å². The van der Waals surface area contributed by atoms with Gasteiger partial charge in [-0.05, 0) is 62.2 Å². The van der Waals surface area contributed by atoms with E-state index in [0.717, 1.165) is 25.9 Å². The van der Waals surface area contributed by atoms with Crippen LogP contribution in [0.5, 0.6) is 0 Å². The van der Waals surface area contributed by atoms with E-state index in [1.54, 1.807) is 11.1 Å². The third kappa shape index (κ3) is 2.88. The Balaban J connectivity index is 1.61. The number of piperidine rings is 1. The summed E-state index contributed by atoms with van der Waals surface area (Å²) in [7, 11) is 0. The molecule has 1 aromatic rings. The molecule has 0 saturated carbocycles. The predicted molar refractivity (Wildman–Crippen MR) is 83.2 cm³/mol. The zero-order valence-electron chi connectivity index (χ0n) is 12.1. The fraction of sp³-hybridized carbons (Fsp3) is 0.588. The summed E-state index contributed by atoms with van der Waals surface area (Å²) < 4.78 is 0. The van der Waals surface area contributed by atoms with E-state index in [2.05, 4.69) is 29.2 Å². The van der Waals surface area contributed by atoms with Crippen LogP contribution < -0.4 is 5.73 Å². The molecule has 0 spiro atoms. The second kappa shape index (κ2) is 5.96. The van der Waals surface area contributed by atoms with Crippen molar-refractivity contribution in [3.8, 4) is 0 Å². The van der Waals surface area contributed by atoms with Gasteiger partial charge in [-0.2, -0.15) is 0 Å². The summed E-state index contributed by atoms with van der Waals surface area (Å²) >= 11 is 0. The molecule has 3 heteroatoms. The van der Waals surface area contributed by atoms with Crippen LogP contribution in [0.2, 0.25) is 0 Å². The summed E-state index contributed by atoms with van der Waals surface area (Å²) in [6.07, 6.45) is 6.02. The van der Waals surface area contributed by atoms with Crippen molar-refractivity contribution in [2.75, 3.05) is 19.6 Å². The van der Waals surface area contributed by atoms with Crippen molar-refractivity contribution in [2.24, 2.45) is 11.7 Å². The summed E-state index contributed by atoms with van der Waals surface area (Å²) in [6.45, 7) is 3.38. The van der Waals surface area contributed by atoms with Crippen molar-refractivity contribution in [3.63, 3.8) is 0 Å². The summed E-state index contributed by atoms with van der Waals surface area (Å²) in [5, 5.41) is 7.56. The number of hydrogen-bond acceptors (Lipinski definition) is 2. The van der Waals surface area contributed by atoms with Crippen molar-refractivity contribution >= 4 is 5.84 Å². The number of benzene rings is 1. The van der Waals surface area contributed by atoms with E-state index in [9.17, 15) is 0 Å². The van der Waals surface area contributed by atoms with Gasteiger partial charge >= 0.3 is 0 Å². The van der Waals surface area contributed by atoms with Gasteiger partial charge in [0.15, 0.2) is 0 Å². The number of likely N-dealkylation sites (tertiary alicyclic amines) is 1. The van der Waals surface area contributed by atoms with Crippen LogP contribution in [0.15, 0.2) is 24.3 Å². The molecular weight excluding hydrogens is 246 g/mol. The number of nitrogens with two attached hydrogens (primary N) is 1. The molecule has 1 aromatic carbocycles. The average molecular weight is 271 g/mol. The first-order valence-electron chi connectivity index (χ1n) is 7.88. The first kappa shape index (κ1) is 13.6. The third-order valence-electron chi connectivity index (χ3n) is 5.00. The molecule has 108 valence electrons. The largest absolute Gasteiger partial charge is 0.387 e. The van der Waals surface area contributed by atoms with E-state index < -0.39 is 0 Å². The van der Waals surface area contributed by atoms with Crippen LogP contribution >= 0.6 is 0 Å². The second-order valence-electron chi connectivity index (χ2n) is 6.32. The van der Waals surface area contributed by atoms with E-state index in [1.165, 1.54) is 25.8 Å². The van der Waals surface area contributed by atoms with Gasteiger partial charge in [0.1, 0.15) is 0 Å². The Morgan fingerprint density at radius 3 is 2.70 bits per heavy atom. The zero-order valence-corrected chi connectivity index (χ0v) is 12.1. The Bertz CT molecular complexity index is 475. The number of rotatable bonds is 3. The second-order valence-corrected chi connectivity index (χ2v) is 6.32. The molecule has 3 nitrogen and oxygen atoms in total. The molecular formula is C17H25N3. The number of nitrogens with one attached hydrogen (secondary N) is 1. The summed E-state index contributed by atoms with van der Waals surface area (Å²) in [4.78, 5) is 2.58. The quantitative estimate of drug-likeness (QED) is 0.656. The highest BCUT2D eigenvalue weighted by atomic mass is 15.1. The summed E-state index contributed by atoms with van der Waals surface area (Å²) in [5.41, 5.74) is 8.76. The van der Waals surface area contributed by atoms with Gasteiger partial charge in [0, 0.05) is 12.5 Å². The topological polar surface area (TPSA) is 53.1 Å². The molecule has 1 aliphatic carbocycles. The lowest BCUT2D eigenvalue weighted by Gasteiger charge is -2.35. The van der Waals surface area contributed by atoms with Gasteiger partial charge in [-0.3, -0.25) is 5.41 Å². The molecule has 1 unspecified atom stereocenters. The highest BCUT2D eigenvalue weighted by molar-refractivity contribution is 5.79. The van der Waals surface area contributed by atoms with Crippen LogP contribution in [0.4, 0.5) is 0 Å². The van der Waals surface area contributed by atoms with Gasteiger partial charge < -0.3 is 10.6 Å². The summed E-state index contributed by atoms with van der Waals surface area (Å²) in [6, 6.07) is 8.96. The van der Waals surface area contributed by atoms with Gasteiger partial charge in [-0.25, -0.2) is 0 Å². The van der Waals surface area contributed by atoms with Gasteiger partial charge in [0.2, 0.25) is 0 Å². The molecule has 2 aliphatic rings. The van der Waals surface area contributed by atoms with E-state index in [4.69, 9.17) is 11.1 Å². The highest BCUT2D eigenvalue weighted by Gasteiger charge is 2.26. The molecule has 1 fully saturated rings. The van der Waals surface area contributed by atoms with E-state index in [-0.39, 0.29) is 0 Å². The van der Waals surface area contributed by atoms with E-state index in [1.807, 2.05) is 0 Å². The van der Waals surface area contributed by atoms with Crippen molar-refractivity contribution < 1.29 is 0 Å². The monoisotopic (exact) mass is 271 g/mol. The standard InChI is InChI=1S/C17H25N3/c18-17(19)14-8-10-20(11-9-14)12-15-6-3-5-13-4-1-2-7-16(13)15/h1-2,4,7,14-15H,3,5-6,8-12H2,(H3,18,19). The van der Waals surface area contributed by atoms with Crippen LogP contribution in [-0.2, 0) is 6.42 Å². The van der Waals surface area contributed by atoms with Gasteiger partial charge in [-0.15, -0.1) is 0 Å². The van der Waals surface area contributed by atoms with Crippen molar-refractivity contribution in [1.29, 1.82) is 5.41 Å². The minimum Gasteiger partial charge on any atom is -0.387 e. The summed E-state index contributed by atoms with van der Waals surface area (Å²) in [5.74, 6) is 1.41. The molecule has 3 rings (SSSR count). The smallest absolute Gasteiger partial charge is 0.0937 e. The fourth-order valence-electron chi connectivity index (χ4n) is 3.78. The lowest BCUT2D eigenvalue weighted by Crippen LogP contribution is -2.40. The molecule has 20 heavy (non-hydrogen) atoms. The number of hydrogen-bond donors (Lipinski definition) is 2. The Morgan fingerprint density at radius 1 is 1.20 bits per heavy atom. The normalized spacial score (nSPS) is 24.3. The van der Waals surface area contributed by atoms with E-state index >= 15 is 0 Å². The SMILES string of the molecule is N=C(N)C1CCN(CC2CCCc3ccccc32)CC1. The first-order valence-corrected chi connectivity index (χ1v) is 7.88. The van der Waals surface area contributed by atoms with Gasteiger partial charge in [0.05, 0.1) is 5.84 Å². The Morgan fingerprint density at radius 2 is 1.95 bits per heavy atom. The molecule has 1 heterocycles. The molecule has 3 N–H and O–H groups in total. The Hall–Kier alpha value is -1.35. The number of fused-ring (bicyclic) bond motifs is 1. The first-order chi connectivity index (χ1) is 9.74. The van der Waals surface area contributed by atoms with Gasteiger partial charge in [0.25, 0.3) is 0 Å². The van der Waals surface area contributed by atoms with Crippen LogP contribution in [0, 0.1) is 11.3 Å². The predicted octanol–water partition coefficient (Wildman–Crippen LogP) is 2.75. The zero-order chi connectivity index (χ0) is 13.9. The Kier molecular flexibility index (Phi) is 4.06. The Labute approximate surface area is 121 Å². The van der Waals surface area contributed by atoms with Crippen molar-refractivity contribution in [2.45, 2.75) is 38.0 Å². The van der Waals surface area contributed by atoms with Crippen LogP contribution in [-0.4, -0.2) is 30.4 Å². The minimum atomic E-state index is 0.324. The van der Waals surface area contributed by atoms with Crippen molar-refractivity contribution in [1.82, 2.24) is 4.90 Å². The number of amidine groups is 1. The number of nitrogens with zero attached hydrogens (tertiary/aromatic N) is 1. The maximum Gasteiger partial charge on any atom is 0.0937 e. The third-order valence-corrected chi connectivity index (χ3v) is 5.00.